The molecule has 4 nitrogen and oxygen atoms in total. The van der Waals surface area contributed by atoms with Crippen LogP contribution in [0, 0.1) is 12.8 Å². The van der Waals surface area contributed by atoms with E-state index in [1.54, 1.807) is 17.6 Å². The minimum atomic E-state index is -0.853. The summed E-state index contributed by atoms with van der Waals surface area (Å²) in [6, 6.07) is 8.04. The molecule has 2 heterocycles. The topological polar surface area (TPSA) is 54.9 Å². The summed E-state index contributed by atoms with van der Waals surface area (Å²) in [5.41, 5.74) is 3.31. The van der Waals surface area contributed by atoms with E-state index in [0.717, 1.165) is 39.5 Å². The van der Waals surface area contributed by atoms with Crippen LogP contribution >= 0.6 is 11.3 Å². The Morgan fingerprint density at radius 3 is 2.80 bits per heavy atom. The summed E-state index contributed by atoms with van der Waals surface area (Å²) in [7, 11) is -0.853. The second kappa shape index (κ2) is 7.62. The molecule has 0 aliphatic heterocycles. The maximum absolute atomic E-state index is 11.5. The minimum absolute atomic E-state index is 0.560. The molecule has 132 valence electrons. The van der Waals surface area contributed by atoms with Crippen LogP contribution in [0.25, 0.3) is 10.2 Å². The molecule has 25 heavy (non-hydrogen) atoms. The fourth-order valence-electron chi connectivity index (χ4n) is 2.90. The number of fused-ring (bicyclic) bond motifs is 1. The van der Waals surface area contributed by atoms with Gasteiger partial charge in [-0.25, -0.2) is 9.97 Å². The van der Waals surface area contributed by atoms with Crippen molar-refractivity contribution in [2.45, 2.75) is 32.9 Å². The fourth-order valence-corrected chi connectivity index (χ4v) is 4.55. The molecule has 0 spiro atoms. The summed E-state index contributed by atoms with van der Waals surface area (Å²) in [5, 5.41) is 6.77. The van der Waals surface area contributed by atoms with Gasteiger partial charge < -0.3 is 5.32 Å². The van der Waals surface area contributed by atoms with E-state index in [9.17, 15) is 4.21 Å². The summed E-state index contributed by atoms with van der Waals surface area (Å²) >= 11 is 1.68. The number of aryl methyl sites for hydroxylation is 1. The van der Waals surface area contributed by atoms with Crippen LogP contribution in [0.2, 0.25) is 0 Å². The molecule has 1 N–H and O–H groups in total. The van der Waals surface area contributed by atoms with Crippen molar-refractivity contribution in [2.75, 3.05) is 11.6 Å². The Labute approximate surface area is 155 Å². The highest BCUT2D eigenvalue weighted by Crippen LogP contribution is 2.33. The van der Waals surface area contributed by atoms with Gasteiger partial charge in [-0.1, -0.05) is 26.0 Å². The lowest BCUT2D eigenvalue weighted by molar-refractivity contribution is 0.651. The number of hydrogen-bond donors (Lipinski definition) is 1. The normalized spacial score (nSPS) is 12.7. The monoisotopic (exact) mass is 373 g/mol. The van der Waals surface area contributed by atoms with Crippen LogP contribution in [0.15, 0.2) is 29.6 Å². The molecule has 0 aliphatic carbocycles. The van der Waals surface area contributed by atoms with Crippen molar-refractivity contribution in [2.24, 2.45) is 5.92 Å². The fraction of sp³-hybridized carbons (Fsp3) is 0.368. The quantitative estimate of drug-likeness (QED) is 0.673. The van der Waals surface area contributed by atoms with Gasteiger partial charge in [0.15, 0.2) is 0 Å². The number of hydrogen-bond acceptors (Lipinski definition) is 5. The van der Waals surface area contributed by atoms with E-state index < -0.39 is 10.8 Å². The van der Waals surface area contributed by atoms with Crippen LogP contribution in [0.1, 0.15) is 30.8 Å². The number of benzene rings is 1. The maximum Gasteiger partial charge on any atom is 0.143 e. The highest BCUT2D eigenvalue weighted by Gasteiger charge is 2.14. The molecule has 3 rings (SSSR count). The Morgan fingerprint density at radius 1 is 1.28 bits per heavy atom. The van der Waals surface area contributed by atoms with E-state index >= 15 is 0 Å². The third-order valence-electron chi connectivity index (χ3n) is 3.81. The van der Waals surface area contributed by atoms with E-state index in [2.05, 4.69) is 34.5 Å². The molecule has 3 aromatic rings. The van der Waals surface area contributed by atoms with Gasteiger partial charge in [-0.2, -0.15) is 0 Å². The molecule has 1 aromatic carbocycles. The van der Waals surface area contributed by atoms with Crippen molar-refractivity contribution in [3.63, 3.8) is 0 Å². The summed E-state index contributed by atoms with van der Waals surface area (Å²) in [4.78, 5) is 10.3. The highest BCUT2D eigenvalue weighted by molar-refractivity contribution is 7.83. The van der Waals surface area contributed by atoms with Gasteiger partial charge in [0.25, 0.3) is 0 Å². The van der Waals surface area contributed by atoms with Gasteiger partial charge in [0.2, 0.25) is 0 Å². The maximum atomic E-state index is 11.5. The van der Waals surface area contributed by atoms with Crippen LogP contribution in [0.5, 0.6) is 0 Å². The highest BCUT2D eigenvalue weighted by atomic mass is 32.2. The van der Waals surface area contributed by atoms with E-state index in [4.69, 9.17) is 0 Å². The first-order valence-electron chi connectivity index (χ1n) is 8.33. The molecule has 0 bridgehead atoms. The zero-order chi connectivity index (χ0) is 18.0. The Morgan fingerprint density at radius 2 is 2.08 bits per heavy atom. The summed E-state index contributed by atoms with van der Waals surface area (Å²) < 4.78 is 11.5. The number of rotatable bonds is 6. The van der Waals surface area contributed by atoms with Crippen molar-refractivity contribution >= 4 is 43.9 Å². The van der Waals surface area contributed by atoms with Crippen molar-refractivity contribution in [1.82, 2.24) is 9.97 Å². The van der Waals surface area contributed by atoms with Gasteiger partial charge in [-0.3, -0.25) is 4.21 Å². The van der Waals surface area contributed by atoms with E-state index in [1.165, 1.54) is 5.56 Å². The van der Waals surface area contributed by atoms with Gasteiger partial charge in [0.1, 0.15) is 16.5 Å². The molecule has 0 radical (unpaired) electrons. The molecule has 6 heteroatoms. The third-order valence-corrected chi connectivity index (χ3v) is 5.47. The number of anilines is 2. The minimum Gasteiger partial charge on any atom is -0.340 e. The van der Waals surface area contributed by atoms with Crippen LogP contribution in [0.3, 0.4) is 0 Å². The molecule has 0 fully saturated rings. The van der Waals surface area contributed by atoms with Gasteiger partial charge in [-0.15, -0.1) is 11.3 Å². The second-order valence-electron chi connectivity index (χ2n) is 6.70. The molecular weight excluding hydrogens is 350 g/mol. The smallest absolute Gasteiger partial charge is 0.143 e. The van der Waals surface area contributed by atoms with Crippen molar-refractivity contribution < 1.29 is 4.21 Å². The Hall–Kier alpha value is -1.79. The van der Waals surface area contributed by atoms with Crippen LogP contribution in [-0.4, -0.2) is 20.4 Å². The van der Waals surface area contributed by atoms with Gasteiger partial charge in [-0.05, 0) is 47.9 Å². The lowest BCUT2D eigenvalue weighted by atomic mass is 10.0. The standard InChI is InChI=1S/C19H23N3OS2/c1-12(2)8-15-10-24-19-17(15)18(20-13(3)21-19)22-16-7-5-6-14(9-16)11-25(4)23/h5-7,9-10,12H,8,11H2,1-4H3,(H,20,21,22). The molecule has 0 saturated heterocycles. The Balaban J connectivity index is 2.00. The average Bonchev–Trinajstić information content (AvgIpc) is 2.89. The van der Waals surface area contributed by atoms with Gasteiger partial charge >= 0.3 is 0 Å². The van der Waals surface area contributed by atoms with Crippen LogP contribution in [0.4, 0.5) is 11.5 Å². The zero-order valence-electron chi connectivity index (χ0n) is 15.0. The lowest BCUT2D eigenvalue weighted by Crippen LogP contribution is -2.01. The first kappa shape index (κ1) is 18.0. The molecule has 0 amide bonds. The van der Waals surface area contributed by atoms with E-state index in [0.29, 0.717) is 11.7 Å². The lowest BCUT2D eigenvalue weighted by Gasteiger charge is -2.11. The van der Waals surface area contributed by atoms with Crippen LogP contribution < -0.4 is 5.32 Å². The van der Waals surface area contributed by atoms with Gasteiger partial charge in [0, 0.05) is 28.5 Å². The van der Waals surface area contributed by atoms with E-state index in [-0.39, 0.29) is 0 Å². The van der Waals surface area contributed by atoms with E-state index in [1.807, 2.05) is 31.2 Å². The number of nitrogens with zero attached hydrogens (tertiary/aromatic N) is 2. The predicted molar refractivity (Wildman–Crippen MR) is 108 cm³/mol. The van der Waals surface area contributed by atoms with Crippen molar-refractivity contribution in [3.8, 4) is 0 Å². The van der Waals surface area contributed by atoms with Crippen molar-refractivity contribution in [3.05, 3.63) is 46.6 Å². The first-order valence-corrected chi connectivity index (χ1v) is 10.9. The van der Waals surface area contributed by atoms with Crippen molar-refractivity contribution in [1.29, 1.82) is 0 Å². The number of aromatic nitrogens is 2. The SMILES string of the molecule is Cc1nc(Nc2cccc(CS(C)=O)c2)c2c(CC(C)C)csc2n1. The summed E-state index contributed by atoms with van der Waals surface area (Å²) in [6.45, 7) is 6.36. The van der Waals surface area contributed by atoms with Crippen LogP contribution in [-0.2, 0) is 23.0 Å². The molecule has 1 atom stereocenters. The summed E-state index contributed by atoms with van der Waals surface area (Å²) in [5.74, 6) is 2.76. The number of nitrogens with one attached hydrogen (secondary N) is 1. The molecule has 0 aliphatic rings. The second-order valence-corrected chi connectivity index (χ2v) is 8.99. The largest absolute Gasteiger partial charge is 0.340 e. The Bertz CT molecular complexity index is 918. The molecule has 0 saturated carbocycles. The number of thiophene rings is 1. The summed E-state index contributed by atoms with van der Waals surface area (Å²) in [6.07, 6.45) is 2.73. The molecular formula is C19H23N3OS2. The molecule has 1 unspecified atom stereocenters. The Kier molecular flexibility index (Phi) is 5.49. The average molecular weight is 374 g/mol. The zero-order valence-corrected chi connectivity index (χ0v) is 16.6. The molecule has 2 aromatic heterocycles. The van der Waals surface area contributed by atoms with Gasteiger partial charge in [0.05, 0.1) is 5.39 Å². The third kappa shape index (κ3) is 4.44. The predicted octanol–water partition coefficient (Wildman–Crippen LogP) is 4.82. The first-order chi connectivity index (χ1) is 11.9.